The summed E-state index contributed by atoms with van der Waals surface area (Å²) >= 11 is 8.24. The fourth-order valence-electron chi connectivity index (χ4n) is 1.11. The van der Waals surface area contributed by atoms with Gasteiger partial charge in [-0.1, -0.05) is 28.1 Å². The second-order valence-electron chi connectivity index (χ2n) is 2.98. The van der Waals surface area contributed by atoms with Crippen LogP contribution in [0, 0.1) is 0 Å². The van der Waals surface area contributed by atoms with Crippen LogP contribution in [0.1, 0.15) is 5.56 Å². The van der Waals surface area contributed by atoms with E-state index >= 15 is 0 Å². The highest BCUT2D eigenvalue weighted by Gasteiger charge is 2.07. The Morgan fingerprint density at radius 3 is 2.88 bits per heavy atom. The smallest absolute Gasteiger partial charge is 0.325 e. The molecule has 86 valence electrons. The Balaban J connectivity index is 2.87. The van der Waals surface area contributed by atoms with Crippen LogP contribution in [0.15, 0.2) is 22.7 Å². The number of carbonyl (C=O) groups excluding carboxylic acids is 1. The molecule has 6 heteroatoms. The molecule has 3 N–H and O–H groups in total. The van der Waals surface area contributed by atoms with Crippen molar-refractivity contribution in [2.75, 3.05) is 19.0 Å². The first-order chi connectivity index (χ1) is 7.54. The highest BCUT2D eigenvalue weighted by Crippen LogP contribution is 2.20. The molecule has 0 amide bonds. The summed E-state index contributed by atoms with van der Waals surface area (Å²) in [5.41, 5.74) is 6.97. The lowest BCUT2D eigenvalue weighted by atomic mass is 10.2. The number of esters is 1. The Morgan fingerprint density at radius 1 is 1.62 bits per heavy atom. The van der Waals surface area contributed by atoms with Crippen molar-refractivity contribution in [3.05, 3.63) is 28.2 Å². The topological polar surface area (TPSA) is 64.3 Å². The Morgan fingerprint density at radius 2 is 2.31 bits per heavy atom. The molecule has 0 spiro atoms. The molecule has 0 radical (unpaired) electrons. The molecule has 0 saturated heterocycles. The number of carbonyl (C=O) groups is 1. The van der Waals surface area contributed by atoms with Crippen molar-refractivity contribution in [1.82, 2.24) is 0 Å². The fourth-order valence-corrected chi connectivity index (χ4v) is 1.64. The molecule has 0 atom stereocenters. The van der Waals surface area contributed by atoms with Crippen LogP contribution in [-0.2, 0) is 9.53 Å². The van der Waals surface area contributed by atoms with Crippen molar-refractivity contribution in [2.45, 2.75) is 0 Å². The lowest BCUT2D eigenvalue weighted by molar-refractivity contribution is -0.138. The average Bonchev–Trinajstić information content (AvgIpc) is 2.26. The molecule has 1 rings (SSSR count). The maximum Gasteiger partial charge on any atom is 0.325 e. The largest absolute Gasteiger partial charge is 0.468 e. The molecule has 0 aliphatic rings. The zero-order chi connectivity index (χ0) is 12.1. The van der Waals surface area contributed by atoms with Gasteiger partial charge in [-0.15, -0.1) is 0 Å². The van der Waals surface area contributed by atoms with Crippen LogP contribution in [0.25, 0.3) is 0 Å². The first-order valence-electron chi connectivity index (χ1n) is 4.44. The molecule has 0 aliphatic carbocycles. The maximum absolute atomic E-state index is 11.0. The van der Waals surface area contributed by atoms with E-state index in [1.165, 1.54) is 7.11 Å². The van der Waals surface area contributed by atoms with E-state index in [0.717, 1.165) is 4.47 Å². The number of hydrogen-bond acceptors (Lipinski definition) is 4. The zero-order valence-electron chi connectivity index (χ0n) is 8.62. The third-order valence-electron chi connectivity index (χ3n) is 1.90. The Labute approximate surface area is 107 Å². The molecule has 1 aromatic carbocycles. The lowest BCUT2D eigenvalue weighted by Gasteiger charge is -2.10. The summed E-state index contributed by atoms with van der Waals surface area (Å²) in [6.07, 6.45) is 0. The molecule has 0 aliphatic heterocycles. The number of anilines is 1. The van der Waals surface area contributed by atoms with E-state index in [1.807, 2.05) is 6.07 Å². The van der Waals surface area contributed by atoms with Crippen LogP contribution < -0.4 is 11.1 Å². The van der Waals surface area contributed by atoms with Crippen molar-refractivity contribution < 1.29 is 9.53 Å². The molecule has 0 saturated carbocycles. The number of hydrogen-bond donors (Lipinski definition) is 2. The first kappa shape index (κ1) is 12.9. The summed E-state index contributed by atoms with van der Waals surface area (Å²) in [5, 5.41) is 2.91. The van der Waals surface area contributed by atoms with Gasteiger partial charge in [-0.05, 0) is 18.2 Å². The summed E-state index contributed by atoms with van der Waals surface area (Å²) in [6.45, 7) is 0.0771. The van der Waals surface area contributed by atoms with E-state index in [9.17, 15) is 4.79 Å². The van der Waals surface area contributed by atoms with Crippen LogP contribution in [0.4, 0.5) is 5.69 Å². The maximum atomic E-state index is 11.0. The second-order valence-corrected chi connectivity index (χ2v) is 4.34. The van der Waals surface area contributed by atoms with Gasteiger partial charge < -0.3 is 15.8 Å². The van der Waals surface area contributed by atoms with Crippen molar-refractivity contribution in [3.8, 4) is 0 Å². The highest BCUT2D eigenvalue weighted by atomic mass is 79.9. The minimum Gasteiger partial charge on any atom is -0.468 e. The molecule has 0 bridgehead atoms. The Kier molecular flexibility index (Phi) is 4.70. The number of methoxy groups -OCH3 is 1. The molecule has 0 unspecified atom stereocenters. The van der Waals surface area contributed by atoms with E-state index in [0.29, 0.717) is 11.3 Å². The van der Waals surface area contributed by atoms with Crippen molar-refractivity contribution in [3.63, 3.8) is 0 Å². The van der Waals surface area contributed by atoms with Crippen molar-refractivity contribution in [2.24, 2.45) is 5.73 Å². The van der Waals surface area contributed by atoms with Gasteiger partial charge in [0.05, 0.1) is 7.11 Å². The monoisotopic (exact) mass is 302 g/mol. The normalized spacial score (nSPS) is 9.62. The van der Waals surface area contributed by atoms with Crippen molar-refractivity contribution >= 4 is 44.8 Å². The summed E-state index contributed by atoms with van der Waals surface area (Å²) in [7, 11) is 1.33. The van der Waals surface area contributed by atoms with Gasteiger partial charge in [0.1, 0.15) is 11.5 Å². The average molecular weight is 303 g/mol. The predicted molar refractivity (Wildman–Crippen MR) is 70.5 cm³/mol. The van der Waals surface area contributed by atoms with Crippen LogP contribution in [0.3, 0.4) is 0 Å². The molecule has 0 fully saturated rings. The Bertz CT molecular complexity index is 423. The van der Waals surface area contributed by atoms with Gasteiger partial charge >= 0.3 is 5.97 Å². The van der Waals surface area contributed by atoms with E-state index in [2.05, 4.69) is 26.0 Å². The first-order valence-corrected chi connectivity index (χ1v) is 5.64. The number of ether oxygens (including phenoxy) is 1. The van der Waals surface area contributed by atoms with Gasteiger partial charge in [0, 0.05) is 15.7 Å². The third-order valence-corrected chi connectivity index (χ3v) is 2.61. The zero-order valence-corrected chi connectivity index (χ0v) is 11.0. The van der Waals surface area contributed by atoms with Crippen LogP contribution in [0.5, 0.6) is 0 Å². The summed E-state index contributed by atoms with van der Waals surface area (Å²) in [5.74, 6) is -0.350. The van der Waals surface area contributed by atoms with Crippen LogP contribution in [-0.4, -0.2) is 24.6 Å². The second kappa shape index (κ2) is 5.81. The number of thiocarbonyl (C=S) groups is 1. The van der Waals surface area contributed by atoms with Gasteiger partial charge in [0.2, 0.25) is 0 Å². The highest BCUT2D eigenvalue weighted by molar-refractivity contribution is 9.10. The van der Waals surface area contributed by atoms with E-state index in [-0.39, 0.29) is 17.5 Å². The molecule has 0 heterocycles. The molecule has 16 heavy (non-hydrogen) atoms. The number of rotatable bonds is 4. The quantitative estimate of drug-likeness (QED) is 0.654. The van der Waals surface area contributed by atoms with Crippen molar-refractivity contribution in [1.29, 1.82) is 0 Å². The van der Waals surface area contributed by atoms with Gasteiger partial charge in [-0.2, -0.15) is 0 Å². The van der Waals surface area contributed by atoms with Gasteiger partial charge in [0.15, 0.2) is 0 Å². The number of benzene rings is 1. The van der Waals surface area contributed by atoms with Gasteiger partial charge in [-0.3, -0.25) is 4.79 Å². The third kappa shape index (κ3) is 3.46. The number of nitrogens with two attached hydrogens (primary N) is 1. The standard InChI is InChI=1S/C10H11BrN2O2S/c1-15-9(14)5-13-8-3-2-6(11)4-7(8)10(12)16/h2-4,13H,5H2,1H3,(H2,12,16). The lowest BCUT2D eigenvalue weighted by Crippen LogP contribution is -2.18. The van der Waals surface area contributed by atoms with Gasteiger partial charge in [0.25, 0.3) is 0 Å². The van der Waals surface area contributed by atoms with E-state index in [4.69, 9.17) is 18.0 Å². The molecule has 1 aromatic rings. The Hall–Kier alpha value is -1.14. The van der Waals surface area contributed by atoms with Crippen LogP contribution in [0.2, 0.25) is 0 Å². The van der Waals surface area contributed by atoms with E-state index in [1.54, 1.807) is 12.1 Å². The minimum absolute atomic E-state index is 0.0771. The van der Waals surface area contributed by atoms with Gasteiger partial charge in [-0.25, -0.2) is 0 Å². The minimum atomic E-state index is -0.350. The van der Waals surface area contributed by atoms with E-state index < -0.39 is 0 Å². The summed E-state index contributed by atoms with van der Waals surface area (Å²) < 4.78 is 5.40. The summed E-state index contributed by atoms with van der Waals surface area (Å²) in [6, 6.07) is 5.42. The fraction of sp³-hybridized carbons (Fsp3) is 0.200. The molecular weight excluding hydrogens is 292 g/mol. The predicted octanol–water partition coefficient (Wildman–Crippen LogP) is 1.67. The molecular formula is C10H11BrN2O2S. The van der Waals surface area contributed by atoms with Crippen LogP contribution >= 0.6 is 28.1 Å². The molecule has 0 aromatic heterocycles. The SMILES string of the molecule is COC(=O)CNc1ccc(Br)cc1C(N)=S. The number of nitrogens with one attached hydrogen (secondary N) is 1. The number of halogens is 1. The molecule has 4 nitrogen and oxygen atoms in total. The summed E-state index contributed by atoms with van der Waals surface area (Å²) in [4.78, 5) is 11.2.